The van der Waals surface area contributed by atoms with Crippen LogP contribution in [-0.2, 0) is 17.6 Å². The summed E-state index contributed by atoms with van der Waals surface area (Å²) in [5, 5.41) is 9.79. The van der Waals surface area contributed by atoms with E-state index in [1.165, 1.54) is 7.05 Å². The highest BCUT2D eigenvalue weighted by atomic mass is 19.4. The zero-order valence-electron chi connectivity index (χ0n) is 17.1. The van der Waals surface area contributed by atoms with Crippen LogP contribution in [0.1, 0.15) is 35.6 Å². The van der Waals surface area contributed by atoms with Gasteiger partial charge in [-0.15, -0.1) is 4.70 Å². The average Bonchev–Trinajstić information content (AvgIpc) is 2.71. The summed E-state index contributed by atoms with van der Waals surface area (Å²) in [6.07, 6.45) is -4.48. The van der Waals surface area contributed by atoms with Crippen molar-refractivity contribution in [1.82, 2.24) is 0 Å². The normalized spacial score (nSPS) is 12.6. The summed E-state index contributed by atoms with van der Waals surface area (Å²) in [6, 6.07) is 6.78. The molecule has 0 aromatic heterocycles. The van der Waals surface area contributed by atoms with E-state index in [-0.39, 0.29) is 24.3 Å². The number of halogens is 4. The highest BCUT2D eigenvalue weighted by molar-refractivity contribution is 6.00. The number of carbonyl (C=O) groups is 1. The first kappa shape index (κ1) is 23.8. The molecule has 7 nitrogen and oxygen atoms in total. The van der Waals surface area contributed by atoms with Crippen LogP contribution in [0.25, 0.3) is 0 Å². The standard InChI is InChI=1S/C20H21F4N5O2/c1-4-17(13-8-14(20(22,23)24)10-15(21)9-13)27-31-11-16-12(2)6-5-7-18(16)26-19(30)29(3)28-25/h5-10,25H,4,11H2,1-3H3,(H,26,30)/p+1. The third-order valence-corrected chi connectivity index (χ3v) is 4.40. The highest BCUT2D eigenvalue weighted by Gasteiger charge is 2.31. The maximum Gasteiger partial charge on any atom is 0.459 e. The summed E-state index contributed by atoms with van der Waals surface area (Å²) >= 11 is 0. The third-order valence-electron chi connectivity index (χ3n) is 4.40. The summed E-state index contributed by atoms with van der Waals surface area (Å²) in [5.41, 5.74) is 0.810. The second kappa shape index (κ2) is 10.0. The van der Waals surface area contributed by atoms with E-state index >= 15 is 0 Å². The molecule has 11 heteroatoms. The SMILES string of the molecule is CCC(=NOCc1c(C)cccc1NC(=O)/[N+](C)=N\N)c1cc(F)cc(C(F)(F)F)c1. The molecule has 166 valence electrons. The van der Waals surface area contributed by atoms with Gasteiger partial charge in [0.25, 0.3) is 0 Å². The molecule has 0 spiro atoms. The summed E-state index contributed by atoms with van der Waals surface area (Å²) in [6.45, 7) is 3.36. The number of hydrogen-bond donors (Lipinski definition) is 2. The molecule has 0 radical (unpaired) electrons. The molecular weight excluding hydrogens is 418 g/mol. The van der Waals surface area contributed by atoms with Crippen LogP contribution in [0.15, 0.2) is 46.8 Å². The summed E-state index contributed by atoms with van der Waals surface area (Å²) < 4.78 is 53.5. The van der Waals surface area contributed by atoms with E-state index in [0.717, 1.165) is 22.4 Å². The van der Waals surface area contributed by atoms with Gasteiger partial charge in [-0.3, -0.25) is 0 Å². The lowest BCUT2D eigenvalue weighted by molar-refractivity contribution is -0.466. The van der Waals surface area contributed by atoms with Crippen LogP contribution in [0.4, 0.5) is 28.0 Å². The number of hydrogen-bond acceptors (Lipinski definition) is 4. The number of urea groups is 1. The van der Waals surface area contributed by atoms with Gasteiger partial charge in [-0.2, -0.15) is 13.2 Å². The predicted molar refractivity (Wildman–Crippen MR) is 106 cm³/mol. The van der Waals surface area contributed by atoms with Gasteiger partial charge in [0.1, 0.15) is 18.1 Å². The number of carbonyl (C=O) groups excluding carboxylic acids is 1. The number of nitrogens with zero attached hydrogens (tertiary/aromatic N) is 3. The molecule has 0 saturated heterocycles. The molecule has 0 bridgehead atoms. The summed E-state index contributed by atoms with van der Waals surface area (Å²) in [7, 11) is 1.37. The molecule has 0 aliphatic rings. The largest absolute Gasteiger partial charge is 0.459 e. The van der Waals surface area contributed by atoms with Crippen molar-refractivity contribution >= 4 is 17.4 Å². The molecule has 2 rings (SSSR count). The van der Waals surface area contributed by atoms with Crippen LogP contribution < -0.4 is 11.2 Å². The Hall–Kier alpha value is -3.50. The Bertz CT molecular complexity index is 1020. The second-order valence-corrected chi connectivity index (χ2v) is 6.56. The molecule has 0 unspecified atom stereocenters. The van der Waals surface area contributed by atoms with E-state index in [4.69, 9.17) is 10.7 Å². The second-order valence-electron chi connectivity index (χ2n) is 6.56. The number of amides is 2. The Morgan fingerprint density at radius 3 is 2.58 bits per heavy atom. The van der Waals surface area contributed by atoms with Gasteiger partial charge in [0.05, 0.1) is 18.3 Å². The fraction of sp³-hybridized carbons (Fsp3) is 0.300. The lowest BCUT2D eigenvalue weighted by Crippen LogP contribution is -2.23. The van der Waals surface area contributed by atoms with Crippen molar-refractivity contribution in [1.29, 1.82) is 0 Å². The first-order chi connectivity index (χ1) is 14.6. The van der Waals surface area contributed by atoms with Crippen molar-refractivity contribution in [2.45, 2.75) is 33.1 Å². The van der Waals surface area contributed by atoms with Gasteiger partial charge in [-0.25, -0.2) is 20.3 Å². The molecule has 2 aromatic rings. The third kappa shape index (κ3) is 6.24. The highest BCUT2D eigenvalue weighted by Crippen LogP contribution is 2.31. The number of nitrogens with two attached hydrogens (primary N) is 1. The summed E-state index contributed by atoms with van der Waals surface area (Å²) in [5.74, 6) is 4.05. The lowest BCUT2D eigenvalue weighted by Gasteiger charge is -2.12. The zero-order chi connectivity index (χ0) is 23.2. The Morgan fingerprint density at radius 1 is 1.26 bits per heavy atom. The number of aryl methyl sites for hydroxylation is 1. The van der Waals surface area contributed by atoms with E-state index in [1.807, 2.05) is 0 Å². The van der Waals surface area contributed by atoms with E-state index in [9.17, 15) is 22.4 Å². The smallest absolute Gasteiger partial charge is 0.391 e. The van der Waals surface area contributed by atoms with Crippen molar-refractivity contribution in [3.63, 3.8) is 0 Å². The Morgan fingerprint density at radius 2 is 1.97 bits per heavy atom. The number of anilines is 1. The first-order valence-electron chi connectivity index (χ1n) is 9.17. The number of nitrogens with one attached hydrogen (secondary N) is 1. The summed E-state index contributed by atoms with van der Waals surface area (Å²) in [4.78, 5) is 17.4. The van der Waals surface area contributed by atoms with Crippen molar-refractivity contribution in [2.24, 2.45) is 16.2 Å². The molecule has 3 N–H and O–H groups in total. The van der Waals surface area contributed by atoms with Crippen LogP contribution in [0.5, 0.6) is 0 Å². The zero-order valence-corrected chi connectivity index (χ0v) is 17.1. The monoisotopic (exact) mass is 440 g/mol. The number of oxime groups is 1. The topological polar surface area (TPSA) is 92.1 Å². The van der Waals surface area contributed by atoms with Gasteiger partial charge in [0.2, 0.25) is 0 Å². The molecular formula is C20H22F4N5O2+. The fourth-order valence-corrected chi connectivity index (χ4v) is 2.68. The van der Waals surface area contributed by atoms with Gasteiger partial charge in [-0.05, 0) is 43.2 Å². The minimum Gasteiger partial charge on any atom is -0.391 e. The number of alkyl halides is 3. The molecule has 0 atom stereocenters. The van der Waals surface area contributed by atoms with Crippen LogP contribution in [0.3, 0.4) is 0 Å². The van der Waals surface area contributed by atoms with Crippen molar-refractivity contribution in [2.75, 3.05) is 12.4 Å². The minimum atomic E-state index is -4.69. The van der Waals surface area contributed by atoms with Gasteiger partial charge < -0.3 is 4.84 Å². The predicted octanol–water partition coefficient (Wildman–Crippen LogP) is 4.98. The van der Waals surface area contributed by atoms with Crippen LogP contribution in [0, 0.1) is 12.7 Å². The Labute approximate surface area is 176 Å². The molecule has 0 heterocycles. The average molecular weight is 440 g/mol. The Kier molecular flexibility index (Phi) is 7.67. The number of rotatable bonds is 6. The van der Waals surface area contributed by atoms with E-state index in [0.29, 0.717) is 17.3 Å². The van der Waals surface area contributed by atoms with Crippen LogP contribution in [-0.4, -0.2) is 23.5 Å². The van der Waals surface area contributed by atoms with Gasteiger partial charge in [0.15, 0.2) is 0 Å². The minimum absolute atomic E-state index is 0.0284. The first-order valence-corrected chi connectivity index (χ1v) is 9.17. The Balaban J connectivity index is 2.27. The van der Waals surface area contributed by atoms with Crippen molar-refractivity contribution in [3.8, 4) is 0 Å². The van der Waals surface area contributed by atoms with E-state index in [2.05, 4.69) is 15.7 Å². The molecule has 0 aliphatic carbocycles. The van der Waals surface area contributed by atoms with Crippen molar-refractivity contribution < 1.29 is 31.9 Å². The molecule has 2 amide bonds. The molecule has 31 heavy (non-hydrogen) atoms. The lowest BCUT2D eigenvalue weighted by atomic mass is 10.0. The van der Waals surface area contributed by atoms with E-state index in [1.54, 1.807) is 32.0 Å². The quantitative estimate of drug-likeness (QED) is 0.166. The molecule has 0 aliphatic heterocycles. The van der Waals surface area contributed by atoms with Crippen LogP contribution in [0.2, 0.25) is 0 Å². The van der Waals surface area contributed by atoms with Gasteiger partial charge in [0, 0.05) is 16.4 Å². The molecule has 2 aromatic carbocycles. The molecule has 0 fully saturated rings. The number of benzene rings is 2. The van der Waals surface area contributed by atoms with Gasteiger partial charge in [-0.1, -0.05) is 24.2 Å². The molecule has 0 saturated carbocycles. The van der Waals surface area contributed by atoms with Crippen LogP contribution >= 0.6 is 0 Å². The maximum absolute atomic E-state index is 13.7. The fourth-order valence-electron chi connectivity index (χ4n) is 2.68. The van der Waals surface area contributed by atoms with Gasteiger partial charge >= 0.3 is 12.2 Å². The van der Waals surface area contributed by atoms with E-state index < -0.39 is 23.6 Å². The maximum atomic E-state index is 13.7. The van der Waals surface area contributed by atoms with Crippen molar-refractivity contribution in [3.05, 3.63) is 64.5 Å².